The van der Waals surface area contributed by atoms with Crippen molar-refractivity contribution in [2.45, 2.75) is 18.6 Å². The molecule has 0 radical (unpaired) electrons. The van der Waals surface area contributed by atoms with Crippen LogP contribution in [0.2, 0.25) is 0 Å². The van der Waals surface area contributed by atoms with Crippen LogP contribution in [0.3, 0.4) is 0 Å². The van der Waals surface area contributed by atoms with Gasteiger partial charge in [0.25, 0.3) is 0 Å². The van der Waals surface area contributed by atoms with Crippen LogP contribution in [-0.2, 0) is 9.47 Å². The van der Waals surface area contributed by atoms with Gasteiger partial charge in [-0.25, -0.2) is 0 Å². The summed E-state index contributed by atoms with van der Waals surface area (Å²) in [6.45, 7) is 4.21. The molecule has 11 heavy (non-hydrogen) atoms. The molecule has 0 saturated carbocycles. The van der Waals surface area contributed by atoms with Gasteiger partial charge in [-0.2, -0.15) is 0 Å². The van der Waals surface area contributed by atoms with Crippen molar-refractivity contribution in [3.05, 3.63) is 0 Å². The third-order valence-corrected chi connectivity index (χ3v) is 2.47. The molecular formula is C8H15NO2. The molecule has 2 atom stereocenters. The molecule has 2 fully saturated rings. The van der Waals surface area contributed by atoms with Crippen molar-refractivity contribution in [3.63, 3.8) is 0 Å². The number of fused-ring (bicyclic) bond motifs is 1. The second kappa shape index (κ2) is 3.09. The summed E-state index contributed by atoms with van der Waals surface area (Å²) in [7, 11) is 1.75. The maximum atomic E-state index is 5.41. The van der Waals surface area contributed by atoms with E-state index in [1.165, 1.54) is 13.0 Å². The third kappa shape index (κ3) is 1.72. The Bertz CT molecular complexity index is 140. The van der Waals surface area contributed by atoms with Gasteiger partial charge in [-0.15, -0.1) is 0 Å². The Morgan fingerprint density at radius 2 is 2.45 bits per heavy atom. The van der Waals surface area contributed by atoms with E-state index in [2.05, 4.69) is 4.90 Å². The number of hydrogen-bond donors (Lipinski definition) is 0. The lowest BCUT2D eigenvalue weighted by molar-refractivity contribution is 0.140. The Hall–Kier alpha value is -0.120. The van der Waals surface area contributed by atoms with Gasteiger partial charge < -0.3 is 9.47 Å². The first-order chi connectivity index (χ1) is 5.40. The molecule has 0 N–H and O–H groups in total. The number of ether oxygens (including phenoxy) is 2. The summed E-state index contributed by atoms with van der Waals surface area (Å²) < 4.78 is 10.4. The summed E-state index contributed by atoms with van der Waals surface area (Å²) in [6, 6.07) is 0. The van der Waals surface area contributed by atoms with E-state index in [9.17, 15) is 0 Å². The van der Waals surface area contributed by atoms with Gasteiger partial charge in [0.2, 0.25) is 0 Å². The lowest BCUT2D eigenvalue weighted by atomic mass is 10.1. The van der Waals surface area contributed by atoms with Gasteiger partial charge in [-0.1, -0.05) is 0 Å². The molecule has 3 heteroatoms. The van der Waals surface area contributed by atoms with Gasteiger partial charge in [0.1, 0.15) is 0 Å². The first kappa shape index (κ1) is 7.53. The first-order valence-electron chi connectivity index (χ1n) is 4.27. The normalized spacial score (nSPS) is 36.8. The number of epoxide rings is 1. The monoisotopic (exact) mass is 157 g/mol. The van der Waals surface area contributed by atoms with Gasteiger partial charge in [-0.05, 0) is 6.42 Å². The molecule has 2 rings (SSSR count). The Balaban J connectivity index is 1.68. The predicted octanol–water partition coefficient (Wildman–Crippen LogP) is 0.106. The zero-order chi connectivity index (χ0) is 7.68. The second-order valence-corrected chi connectivity index (χ2v) is 3.30. The number of hydrogen-bond acceptors (Lipinski definition) is 3. The number of rotatable bonds is 3. The fourth-order valence-corrected chi connectivity index (χ4v) is 1.67. The highest BCUT2D eigenvalue weighted by Gasteiger charge is 2.42. The van der Waals surface area contributed by atoms with E-state index in [1.54, 1.807) is 7.11 Å². The first-order valence-corrected chi connectivity index (χ1v) is 4.27. The molecule has 0 aromatic rings. The highest BCUT2D eigenvalue weighted by atomic mass is 16.6. The van der Waals surface area contributed by atoms with Gasteiger partial charge in [-0.3, -0.25) is 4.90 Å². The van der Waals surface area contributed by atoms with E-state index in [0.29, 0.717) is 12.2 Å². The molecule has 2 saturated heterocycles. The Labute approximate surface area is 67.3 Å². The van der Waals surface area contributed by atoms with Crippen LogP contribution in [0.4, 0.5) is 0 Å². The van der Waals surface area contributed by atoms with Crippen molar-refractivity contribution in [1.29, 1.82) is 0 Å². The molecule has 0 aromatic heterocycles. The summed E-state index contributed by atoms with van der Waals surface area (Å²) in [5.41, 5.74) is 0. The Morgan fingerprint density at radius 1 is 1.55 bits per heavy atom. The van der Waals surface area contributed by atoms with E-state index in [1.807, 2.05) is 0 Å². The molecule has 2 heterocycles. The van der Waals surface area contributed by atoms with Gasteiger partial charge in [0.05, 0.1) is 18.8 Å². The van der Waals surface area contributed by atoms with Crippen molar-refractivity contribution < 1.29 is 9.47 Å². The zero-order valence-corrected chi connectivity index (χ0v) is 6.95. The van der Waals surface area contributed by atoms with Crippen LogP contribution in [0.15, 0.2) is 0 Å². The van der Waals surface area contributed by atoms with Crippen LogP contribution in [0.1, 0.15) is 6.42 Å². The Kier molecular flexibility index (Phi) is 2.11. The largest absolute Gasteiger partial charge is 0.383 e. The van der Waals surface area contributed by atoms with E-state index in [-0.39, 0.29) is 0 Å². The predicted molar refractivity (Wildman–Crippen MR) is 41.6 cm³/mol. The number of piperidine rings is 1. The molecule has 0 amide bonds. The molecule has 0 aliphatic carbocycles. The minimum atomic E-state index is 0.556. The lowest BCUT2D eigenvalue weighted by Crippen LogP contribution is -2.36. The van der Waals surface area contributed by atoms with Gasteiger partial charge in [0, 0.05) is 26.7 Å². The minimum Gasteiger partial charge on any atom is -0.383 e. The SMILES string of the molecule is COCCN1CC[C@H]2O[C@@H]2C1. The average Bonchev–Trinajstić information content (AvgIpc) is 2.78. The maximum Gasteiger partial charge on any atom is 0.0968 e. The molecule has 2 aliphatic heterocycles. The zero-order valence-electron chi connectivity index (χ0n) is 6.95. The molecule has 0 unspecified atom stereocenters. The van der Waals surface area contributed by atoms with Crippen molar-refractivity contribution in [1.82, 2.24) is 4.90 Å². The summed E-state index contributed by atoms with van der Waals surface area (Å²) >= 11 is 0. The molecule has 2 aliphatic rings. The standard InChI is InChI=1S/C8H15NO2/c1-10-5-4-9-3-2-7-8(6-9)11-7/h7-8H,2-6H2,1H3/t7-,8-/m1/s1. The van der Waals surface area contributed by atoms with Gasteiger partial charge in [0.15, 0.2) is 0 Å². The topological polar surface area (TPSA) is 25.0 Å². The highest BCUT2D eigenvalue weighted by molar-refractivity contribution is 4.92. The van der Waals surface area contributed by atoms with Crippen molar-refractivity contribution in [2.75, 3.05) is 33.4 Å². The van der Waals surface area contributed by atoms with Crippen molar-refractivity contribution in [2.24, 2.45) is 0 Å². The summed E-state index contributed by atoms with van der Waals surface area (Å²) in [5.74, 6) is 0. The fraction of sp³-hybridized carbons (Fsp3) is 1.00. The molecule has 0 spiro atoms. The molecule has 64 valence electrons. The van der Waals surface area contributed by atoms with E-state index < -0.39 is 0 Å². The van der Waals surface area contributed by atoms with Crippen molar-refractivity contribution in [3.8, 4) is 0 Å². The number of methoxy groups -OCH3 is 1. The van der Waals surface area contributed by atoms with E-state index in [4.69, 9.17) is 9.47 Å². The summed E-state index contributed by atoms with van der Waals surface area (Å²) in [4.78, 5) is 2.41. The van der Waals surface area contributed by atoms with Crippen LogP contribution in [0.5, 0.6) is 0 Å². The quantitative estimate of drug-likeness (QED) is 0.543. The van der Waals surface area contributed by atoms with Crippen molar-refractivity contribution >= 4 is 0 Å². The lowest BCUT2D eigenvalue weighted by Gasteiger charge is -2.23. The van der Waals surface area contributed by atoms with Crippen LogP contribution >= 0.6 is 0 Å². The van der Waals surface area contributed by atoms with E-state index in [0.717, 1.165) is 19.7 Å². The smallest absolute Gasteiger partial charge is 0.0968 e. The number of likely N-dealkylation sites (tertiary alicyclic amines) is 1. The Morgan fingerprint density at radius 3 is 3.18 bits per heavy atom. The van der Waals surface area contributed by atoms with Gasteiger partial charge >= 0.3 is 0 Å². The minimum absolute atomic E-state index is 0.556. The summed E-state index contributed by atoms with van der Waals surface area (Å²) in [6.07, 6.45) is 2.38. The molecule has 0 aromatic carbocycles. The van der Waals surface area contributed by atoms with E-state index >= 15 is 0 Å². The third-order valence-electron chi connectivity index (χ3n) is 2.47. The average molecular weight is 157 g/mol. The summed E-state index contributed by atoms with van der Waals surface area (Å²) in [5, 5.41) is 0. The van der Waals surface area contributed by atoms with Crippen LogP contribution in [-0.4, -0.2) is 50.5 Å². The maximum absolute atomic E-state index is 5.41. The molecule has 3 nitrogen and oxygen atoms in total. The van der Waals surface area contributed by atoms with Crippen LogP contribution in [0.25, 0.3) is 0 Å². The van der Waals surface area contributed by atoms with Crippen LogP contribution in [0, 0.1) is 0 Å². The fourth-order valence-electron chi connectivity index (χ4n) is 1.67. The molecular weight excluding hydrogens is 142 g/mol. The highest BCUT2D eigenvalue weighted by Crippen LogP contribution is 2.30. The van der Waals surface area contributed by atoms with Crippen LogP contribution < -0.4 is 0 Å². The second-order valence-electron chi connectivity index (χ2n) is 3.30. The molecule has 0 bridgehead atoms. The number of nitrogens with zero attached hydrogens (tertiary/aromatic N) is 1.